The summed E-state index contributed by atoms with van der Waals surface area (Å²) in [6.45, 7) is 2.29. The van der Waals surface area contributed by atoms with Crippen molar-refractivity contribution in [1.82, 2.24) is 14.8 Å². The van der Waals surface area contributed by atoms with Crippen molar-refractivity contribution < 1.29 is 13.2 Å². The summed E-state index contributed by atoms with van der Waals surface area (Å²) in [7, 11) is -3.81. The zero-order chi connectivity index (χ0) is 17.0. The molecule has 1 heterocycles. The molecule has 3 rings (SSSR count). The molecule has 0 aliphatic rings. The lowest BCUT2D eigenvalue weighted by Gasteiger charge is -2.10. The van der Waals surface area contributed by atoms with Crippen LogP contribution in [0.2, 0.25) is 0 Å². The number of benzene rings is 2. The van der Waals surface area contributed by atoms with Gasteiger partial charge in [-0.05, 0) is 31.2 Å². The van der Waals surface area contributed by atoms with E-state index in [1.54, 1.807) is 16.7 Å². The van der Waals surface area contributed by atoms with Crippen LogP contribution in [0.4, 0.5) is 5.95 Å². The van der Waals surface area contributed by atoms with Crippen LogP contribution in [-0.2, 0) is 10.0 Å². The predicted molar refractivity (Wildman–Crippen MR) is 89.8 cm³/mol. The lowest BCUT2D eigenvalue weighted by Crippen LogP contribution is -2.16. The van der Waals surface area contributed by atoms with Crippen LogP contribution in [0.15, 0.2) is 65.8 Å². The fraction of sp³-hybridized carbons (Fsp3) is 0.125. The second kappa shape index (κ2) is 6.71. The first-order chi connectivity index (χ1) is 11.6. The highest BCUT2D eigenvalue weighted by molar-refractivity contribution is 7.92. The first kappa shape index (κ1) is 16.0. The largest absolute Gasteiger partial charge is 0.494 e. The van der Waals surface area contributed by atoms with Crippen molar-refractivity contribution in [3.8, 4) is 11.4 Å². The van der Waals surface area contributed by atoms with E-state index in [0.29, 0.717) is 12.4 Å². The molecule has 7 nitrogen and oxygen atoms in total. The Morgan fingerprint density at radius 3 is 2.67 bits per heavy atom. The number of nitrogens with zero attached hydrogens (tertiary/aromatic N) is 3. The Hall–Kier alpha value is -2.87. The number of hydrogen-bond acceptors (Lipinski definition) is 5. The second-order valence-corrected chi connectivity index (χ2v) is 6.56. The summed E-state index contributed by atoms with van der Waals surface area (Å²) in [5, 5.41) is 7.64. The zero-order valence-electron chi connectivity index (χ0n) is 13.0. The fourth-order valence-corrected chi connectivity index (χ4v) is 3.19. The molecule has 3 aromatic rings. The van der Waals surface area contributed by atoms with Crippen LogP contribution in [-0.4, -0.2) is 29.8 Å². The maximum atomic E-state index is 12.6. The zero-order valence-corrected chi connectivity index (χ0v) is 13.8. The van der Waals surface area contributed by atoms with E-state index in [9.17, 15) is 8.42 Å². The Morgan fingerprint density at radius 2 is 1.92 bits per heavy atom. The van der Waals surface area contributed by atoms with Crippen LogP contribution in [0, 0.1) is 0 Å². The standard InChI is InChI=1S/C16H16N4O3S/c1-2-23-14-9-6-10-15(11-14)24(21,22)19-16-18-17-12-20(16)13-7-4-3-5-8-13/h3-12H,2H2,1H3,(H,18,19). The van der Waals surface area contributed by atoms with Gasteiger partial charge in [0, 0.05) is 6.07 Å². The molecular weight excluding hydrogens is 328 g/mol. The van der Waals surface area contributed by atoms with Gasteiger partial charge in [0.25, 0.3) is 10.0 Å². The van der Waals surface area contributed by atoms with Gasteiger partial charge < -0.3 is 4.74 Å². The molecule has 0 saturated carbocycles. The van der Waals surface area contributed by atoms with Gasteiger partial charge in [-0.15, -0.1) is 10.2 Å². The van der Waals surface area contributed by atoms with Crippen LogP contribution in [0.1, 0.15) is 6.92 Å². The smallest absolute Gasteiger partial charge is 0.264 e. The maximum Gasteiger partial charge on any atom is 0.264 e. The summed E-state index contributed by atoms with van der Waals surface area (Å²) in [4.78, 5) is 0.0936. The lowest BCUT2D eigenvalue weighted by atomic mass is 10.3. The molecule has 24 heavy (non-hydrogen) atoms. The fourth-order valence-electron chi connectivity index (χ4n) is 2.16. The molecule has 0 aliphatic heterocycles. The van der Waals surface area contributed by atoms with E-state index < -0.39 is 10.0 Å². The van der Waals surface area contributed by atoms with E-state index in [-0.39, 0.29) is 10.8 Å². The Morgan fingerprint density at radius 1 is 1.12 bits per heavy atom. The number of aromatic nitrogens is 3. The monoisotopic (exact) mass is 344 g/mol. The Bertz CT molecular complexity index is 923. The van der Waals surface area contributed by atoms with Crippen LogP contribution >= 0.6 is 0 Å². The third kappa shape index (κ3) is 3.38. The molecule has 0 saturated heterocycles. The van der Waals surface area contributed by atoms with Gasteiger partial charge >= 0.3 is 0 Å². The van der Waals surface area contributed by atoms with E-state index in [1.807, 2.05) is 37.3 Å². The molecule has 0 atom stereocenters. The van der Waals surface area contributed by atoms with Crippen LogP contribution in [0.5, 0.6) is 5.75 Å². The predicted octanol–water partition coefficient (Wildman–Crippen LogP) is 2.47. The minimum Gasteiger partial charge on any atom is -0.494 e. The van der Waals surface area contributed by atoms with Crippen LogP contribution in [0.3, 0.4) is 0 Å². The summed E-state index contributed by atoms with van der Waals surface area (Å²) in [5.74, 6) is 0.605. The number of para-hydroxylation sites is 1. The minimum atomic E-state index is -3.81. The third-order valence-electron chi connectivity index (χ3n) is 3.23. The van der Waals surface area contributed by atoms with E-state index in [0.717, 1.165) is 5.69 Å². The molecule has 8 heteroatoms. The van der Waals surface area contributed by atoms with Gasteiger partial charge in [-0.2, -0.15) is 0 Å². The molecule has 0 bridgehead atoms. The van der Waals surface area contributed by atoms with E-state index in [1.165, 1.54) is 18.5 Å². The van der Waals surface area contributed by atoms with Crippen molar-refractivity contribution in [1.29, 1.82) is 0 Å². The van der Waals surface area contributed by atoms with Crippen molar-refractivity contribution in [3.05, 3.63) is 60.9 Å². The highest BCUT2D eigenvalue weighted by atomic mass is 32.2. The summed E-state index contributed by atoms with van der Waals surface area (Å²) < 4.78 is 34.5. The molecule has 1 aromatic heterocycles. The summed E-state index contributed by atoms with van der Waals surface area (Å²) in [6.07, 6.45) is 1.45. The van der Waals surface area contributed by atoms with Crippen molar-refractivity contribution in [2.45, 2.75) is 11.8 Å². The highest BCUT2D eigenvalue weighted by Crippen LogP contribution is 2.21. The van der Waals surface area contributed by atoms with Gasteiger partial charge in [-0.25, -0.2) is 13.1 Å². The number of hydrogen-bond donors (Lipinski definition) is 1. The average Bonchev–Trinajstić information content (AvgIpc) is 3.04. The van der Waals surface area contributed by atoms with Crippen molar-refractivity contribution in [2.75, 3.05) is 11.3 Å². The van der Waals surface area contributed by atoms with Crippen molar-refractivity contribution in [3.63, 3.8) is 0 Å². The quantitative estimate of drug-likeness (QED) is 0.742. The first-order valence-electron chi connectivity index (χ1n) is 7.31. The molecule has 0 radical (unpaired) electrons. The number of nitrogens with one attached hydrogen (secondary N) is 1. The van der Waals surface area contributed by atoms with Crippen molar-refractivity contribution in [2.24, 2.45) is 0 Å². The molecule has 0 fully saturated rings. The molecule has 0 spiro atoms. The summed E-state index contributed by atoms with van der Waals surface area (Å²) >= 11 is 0. The number of rotatable bonds is 6. The van der Waals surface area contributed by atoms with Gasteiger partial charge in [-0.1, -0.05) is 24.3 Å². The van der Waals surface area contributed by atoms with Gasteiger partial charge in [0.1, 0.15) is 12.1 Å². The maximum absolute atomic E-state index is 12.6. The lowest BCUT2D eigenvalue weighted by molar-refractivity contribution is 0.339. The number of anilines is 1. The SMILES string of the molecule is CCOc1cccc(S(=O)(=O)Nc2nncn2-c2ccccc2)c1. The van der Waals surface area contributed by atoms with Gasteiger partial charge in [-0.3, -0.25) is 4.57 Å². The molecule has 0 aliphatic carbocycles. The molecular formula is C16H16N4O3S. The third-order valence-corrected chi connectivity index (χ3v) is 4.56. The van der Waals surface area contributed by atoms with E-state index >= 15 is 0 Å². The molecule has 2 aromatic carbocycles. The Labute approximate surface area is 140 Å². The molecule has 0 amide bonds. The Balaban J connectivity index is 1.91. The Kier molecular flexibility index (Phi) is 4.48. The molecule has 0 unspecified atom stereocenters. The van der Waals surface area contributed by atoms with Crippen LogP contribution < -0.4 is 9.46 Å². The highest BCUT2D eigenvalue weighted by Gasteiger charge is 2.18. The first-order valence-corrected chi connectivity index (χ1v) is 8.79. The number of ether oxygens (including phenoxy) is 1. The number of sulfonamides is 1. The second-order valence-electron chi connectivity index (χ2n) is 4.87. The molecule has 124 valence electrons. The van der Waals surface area contributed by atoms with Crippen LogP contribution in [0.25, 0.3) is 5.69 Å². The minimum absolute atomic E-state index is 0.0936. The summed E-state index contributed by atoms with van der Waals surface area (Å²) in [5.41, 5.74) is 0.753. The van der Waals surface area contributed by atoms with Crippen molar-refractivity contribution >= 4 is 16.0 Å². The van der Waals surface area contributed by atoms with E-state index in [4.69, 9.17) is 4.74 Å². The normalized spacial score (nSPS) is 11.2. The van der Waals surface area contributed by atoms with Gasteiger partial charge in [0.15, 0.2) is 0 Å². The van der Waals surface area contributed by atoms with E-state index in [2.05, 4.69) is 14.9 Å². The summed E-state index contributed by atoms with van der Waals surface area (Å²) in [6, 6.07) is 15.5. The molecule has 1 N–H and O–H groups in total. The van der Waals surface area contributed by atoms with Gasteiger partial charge in [0.05, 0.1) is 17.2 Å². The topological polar surface area (TPSA) is 86.1 Å². The van der Waals surface area contributed by atoms with Gasteiger partial charge in [0.2, 0.25) is 5.95 Å². The average molecular weight is 344 g/mol.